The zero-order valence-corrected chi connectivity index (χ0v) is 27.2. The Morgan fingerprint density at radius 1 is 0.574 bits per heavy atom. The normalized spacial score (nSPS) is 10.7. The first kappa shape index (κ1) is 36.1. The molecule has 8 N–H and O–H groups in total. The summed E-state index contributed by atoms with van der Waals surface area (Å²) in [6.45, 7) is 3.18. The maximum Gasteiger partial charge on any atom is 0.272 e. The molecule has 3 heterocycles. The molecule has 3 rings (SSSR count). The molecule has 16 nitrogen and oxygen atoms in total. The van der Waals surface area contributed by atoms with Gasteiger partial charge in [0.1, 0.15) is 17.1 Å². The topological polar surface area (TPSA) is 215 Å². The molecule has 3 aromatic rings. The minimum Gasteiger partial charge on any atom is -0.356 e. The number of hydrogen-bond donors (Lipinski definition) is 7. The summed E-state index contributed by atoms with van der Waals surface area (Å²) in [4.78, 5) is 74.5. The summed E-state index contributed by atoms with van der Waals surface area (Å²) in [5, 5.41) is 16.3. The molecule has 0 saturated heterocycles. The number of rotatable bonds is 17. The van der Waals surface area contributed by atoms with E-state index in [4.69, 9.17) is 5.73 Å². The van der Waals surface area contributed by atoms with Gasteiger partial charge in [-0.3, -0.25) is 28.8 Å². The molecule has 47 heavy (non-hydrogen) atoms. The molecule has 254 valence electrons. The van der Waals surface area contributed by atoms with Gasteiger partial charge < -0.3 is 51.3 Å². The lowest BCUT2D eigenvalue weighted by molar-refractivity contribution is -0.121. The molecule has 0 atom stereocenters. The lowest BCUT2D eigenvalue weighted by Crippen LogP contribution is -2.31. The van der Waals surface area contributed by atoms with Crippen molar-refractivity contribution in [2.75, 3.05) is 42.1 Å². The Labute approximate surface area is 272 Å². The largest absolute Gasteiger partial charge is 0.356 e. The summed E-state index contributed by atoms with van der Waals surface area (Å²) in [6.07, 6.45) is 6.61. The minimum atomic E-state index is -0.456. The molecule has 0 bridgehead atoms. The smallest absolute Gasteiger partial charge is 0.272 e. The highest BCUT2D eigenvalue weighted by molar-refractivity contribution is 6.05. The molecule has 0 spiro atoms. The average Bonchev–Trinajstić information content (AvgIpc) is 3.69. The lowest BCUT2D eigenvalue weighted by Gasteiger charge is -2.06. The lowest BCUT2D eigenvalue weighted by atomic mass is 10.3. The summed E-state index contributed by atoms with van der Waals surface area (Å²) >= 11 is 0. The molecule has 16 heteroatoms. The van der Waals surface area contributed by atoms with Crippen molar-refractivity contribution in [2.24, 2.45) is 26.9 Å². The molecule has 0 saturated carbocycles. The summed E-state index contributed by atoms with van der Waals surface area (Å²) in [7, 11) is 4.99. The van der Waals surface area contributed by atoms with Crippen LogP contribution in [0.2, 0.25) is 0 Å². The van der Waals surface area contributed by atoms with E-state index in [0.717, 1.165) is 6.42 Å². The van der Waals surface area contributed by atoms with Crippen LogP contribution in [-0.4, -0.2) is 75.3 Å². The van der Waals surface area contributed by atoms with Gasteiger partial charge in [-0.1, -0.05) is 6.92 Å². The average molecular weight is 653 g/mol. The van der Waals surface area contributed by atoms with Crippen molar-refractivity contribution in [1.29, 1.82) is 0 Å². The van der Waals surface area contributed by atoms with Crippen molar-refractivity contribution in [3.63, 3.8) is 0 Å². The van der Waals surface area contributed by atoms with Crippen LogP contribution >= 0.6 is 0 Å². The van der Waals surface area contributed by atoms with Crippen molar-refractivity contribution in [3.05, 3.63) is 53.9 Å². The second kappa shape index (κ2) is 17.4. The number of aryl methyl sites for hydroxylation is 3. The molecule has 0 aromatic carbocycles. The maximum absolute atomic E-state index is 13.0. The first-order valence-corrected chi connectivity index (χ1v) is 15.3. The fraction of sp³-hybridized carbons (Fsp3) is 0.419. The Morgan fingerprint density at radius 2 is 1.00 bits per heavy atom. The van der Waals surface area contributed by atoms with E-state index in [-0.39, 0.29) is 61.7 Å². The van der Waals surface area contributed by atoms with E-state index in [1.807, 2.05) is 6.92 Å². The number of nitrogens with one attached hydrogen (secondary N) is 6. The standard InChI is InChI=1S/C31H44N10O6/c1-5-11-33-26(42)8-12-34-30(46)24-16-22(19-40(24)3)38-31(47)25-15-21(18-41(25)4)37-28(44)9-13-35-29(45)23-14-20(17-39(23)2)36-27(43)7-6-10-32/h14-19H,5-13,32H2,1-4H3,(H,33,42)(H,34,46)(H,35,45)(H,36,43)(H,37,44)(H,38,47). The van der Waals surface area contributed by atoms with Crippen LogP contribution in [0.15, 0.2) is 36.8 Å². The van der Waals surface area contributed by atoms with Crippen molar-refractivity contribution in [2.45, 2.75) is 39.0 Å². The quantitative estimate of drug-likeness (QED) is 0.112. The van der Waals surface area contributed by atoms with E-state index < -0.39 is 11.8 Å². The number of aromatic nitrogens is 3. The predicted octanol–water partition coefficient (Wildman–Crippen LogP) is 1.04. The molecule has 0 radical (unpaired) electrons. The van der Waals surface area contributed by atoms with Crippen LogP contribution < -0.4 is 37.6 Å². The third kappa shape index (κ3) is 10.9. The molecule has 0 aliphatic heterocycles. The SMILES string of the molecule is CCCNC(=O)CCNC(=O)c1cc(NC(=O)c2cc(NC(=O)CCNC(=O)c3cc(NC(=O)CCCN)cn3C)cn2C)cn1C. The molecule has 0 aliphatic carbocycles. The van der Waals surface area contributed by atoms with Gasteiger partial charge in [0.2, 0.25) is 17.7 Å². The molecule has 0 fully saturated rings. The van der Waals surface area contributed by atoms with Crippen LogP contribution in [-0.2, 0) is 35.5 Å². The molecular weight excluding hydrogens is 608 g/mol. The minimum absolute atomic E-state index is 0.0203. The summed E-state index contributed by atoms with van der Waals surface area (Å²) in [5.74, 6) is -1.95. The molecule has 0 unspecified atom stereocenters. The fourth-order valence-electron chi connectivity index (χ4n) is 4.59. The summed E-state index contributed by atoms with van der Waals surface area (Å²) in [5.41, 5.74) is 7.58. The highest BCUT2D eigenvalue weighted by Crippen LogP contribution is 2.18. The Bertz CT molecular complexity index is 1600. The van der Waals surface area contributed by atoms with Gasteiger partial charge >= 0.3 is 0 Å². The monoisotopic (exact) mass is 652 g/mol. The van der Waals surface area contributed by atoms with Crippen LogP contribution in [0, 0.1) is 0 Å². The van der Waals surface area contributed by atoms with Crippen LogP contribution in [0.25, 0.3) is 0 Å². The third-order valence-corrected chi connectivity index (χ3v) is 6.99. The molecule has 0 aliphatic rings. The van der Waals surface area contributed by atoms with Gasteiger partial charge in [-0.2, -0.15) is 0 Å². The predicted molar refractivity (Wildman–Crippen MR) is 177 cm³/mol. The van der Waals surface area contributed by atoms with E-state index in [2.05, 4.69) is 31.9 Å². The van der Waals surface area contributed by atoms with Gasteiger partial charge in [-0.25, -0.2) is 0 Å². The second-order valence-corrected chi connectivity index (χ2v) is 11.0. The van der Waals surface area contributed by atoms with Gasteiger partial charge in [-0.15, -0.1) is 0 Å². The Balaban J connectivity index is 1.47. The number of carbonyl (C=O) groups is 6. The number of hydrogen-bond acceptors (Lipinski definition) is 7. The van der Waals surface area contributed by atoms with Crippen molar-refractivity contribution >= 4 is 52.5 Å². The van der Waals surface area contributed by atoms with Crippen molar-refractivity contribution in [3.8, 4) is 0 Å². The van der Waals surface area contributed by atoms with Crippen LogP contribution in [0.4, 0.5) is 17.1 Å². The Kier molecular flexibility index (Phi) is 13.3. The maximum atomic E-state index is 13.0. The summed E-state index contributed by atoms with van der Waals surface area (Å²) < 4.78 is 4.69. The zero-order chi connectivity index (χ0) is 34.5. The van der Waals surface area contributed by atoms with E-state index in [1.165, 1.54) is 12.1 Å². The number of anilines is 3. The number of carbonyl (C=O) groups excluding carboxylic acids is 6. The van der Waals surface area contributed by atoms with Gasteiger partial charge in [0, 0.05) is 78.6 Å². The van der Waals surface area contributed by atoms with E-state index in [9.17, 15) is 28.8 Å². The fourth-order valence-corrected chi connectivity index (χ4v) is 4.59. The third-order valence-electron chi connectivity index (χ3n) is 6.99. The summed E-state index contributed by atoms with van der Waals surface area (Å²) in [6, 6.07) is 4.59. The first-order valence-electron chi connectivity index (χ1n) is 15.3. The van der Waals surface area contributed by atoms with Crippen LogP contribution in [0.3, 0.4) is 0 Å². The van der Waals surface area contributed by atoms with E-state index >= 15 is 0 Å². The molecule has 6 amide bonds. The molecular formula is C31H44N10O6. The highest BCUT2D eigenvalue weighted by atomic mass is 16.2. The van der Waals surface area contributed by atoms with Gasteiger partial charge in [0.25, 0.3) is 17.7 Å². The van der Waals surface area contributed by atoms with E-state index in [1.54, 1.807) is 59.5 Å². The molecule has 3 aromatic heterocycles. The Hall–Kier alpha value is -5.38. The second-order valence-electron chi connectivity index (χ2n) is 11.0. The van der Waals surface area contributed by atoms with Gasteiger partial charge in [0.05, 0.1) is 17.1 Å². The number of nitrogens with two attached hydrogens (primary N) is 1. The van der Waals surface area contributed by atoms with E-state index in [0.29, 0.717) is 48.0 Å². The van der Waals surface area contributed by atoms with Gasteiger partial charge in [-0.05, 0) is 37.6 Å². The van der Waals surface area contributed by atoms with Crippen LogP contribution in [0.5, 0.6) is 0 Å². The number of nitrogens with zero attached hydrogens (tertiary/aromatic N) is 3. The highest BCUT2D eigenvalue weighted by Gasteiger charge is 2.18. The first-order chi connectivity index (χ1) is 22.4. The Morgan fingerprint density at radius 3 is 1.47 bits per heavy atom. The van der Waals surface area contributed by atoms with Crippen molar-refractivity contribution in [1.82, 2.24) is 29.7 Å². The van der Waals surface area contributed by atoms with Crippen LogP contribution in [0.1, 0.15) is 70.5 Å². The number of amides is 6. The van der Waals surface area contributed by atoms with Crippen molar-refractivity contribution < 1.29 is 28.8 Å². The zero-order valence-electron chi connectivity index (χ0n) is 27.2. The van der Waals surface area contributed by atoms with Gasteiger partial charge in [0.15, 0.2) is 0 Å².